The number of likely N-dealkylation sites (N-methyl/N-ethyl adjacent to an activating group) is 1. The van der Waals surface area contributed by atoms with Gasteiger partial charge in [-0.1, -0.05) is 23.8 Å². The first-order valence-corrected chi connectivity index (χ1v) is 8.65. The molecule has 0 aliphatic rings. The van der Waals surface area contributed by atoms with Crippen LogP contribution in [0.3, 0.4) is 0 Å². The Morgan fingerprint density at radius 2 is 1.86 bits per heavy atom. The predicted molar refractivity (Wildman–Crippen MR) is 104 cm³/mol. The van der Waals surface area contributed by atoms with Crippen molar-refractivity contribution in [1.29, 1.82) is 0 Å². The van der Waals surface area contributed by atoms with Crippen LogP contribution in [0.5, 0.6) is 5.75 Å². The Bertz CT molecular complexity index is 924. The van der Waals surface area contributed by atoms with Gasteiger partial charge < -0.3 is 15.0 Å². The minimum Gasteiger partial charge on any atom is -0.496 e. The van der Waals surface area contributed by atoms with Gasteiger partial charge in [0, 0.05) is 18.7 Å². The van der Waals surface area contributed by atoms with Crippen molar-refractivity contribution in [3.8, 4) is 5.75 Å². The van der Waals surface area contributed by atoms with E-state index in [0.29, 0.717) is 11.3 Å². The van der Waals surface area contributed by atoms with E-state index in [2.05, 4.69) is 5.32 Å². The smallest absolute Gasteiger partial charge is 0.418 e. The van der Waals surface area contributed by atoms with Gasteiger partial charge in [-0.3, -0.25) is 9.59 Å². The SMILES string of the molecule is COc1ccc(C)cc1/C=C/C(=O)N(C)CC(=O)Nc1ccccc1C(F)(F)F. The van der Waals surface area contributed by atoms with Gasteiger partial charge in [0.25, 0.3) is 0 Å². The average Bonchev–Trinajstić information content (AvgIpc) is 2.65. The number of ether oxygens (including phenoxy) is 1. The van der Waals surface area contributed by atoms with E-state index in [1.807, 2.05) is 19.1 Å². The number of nitrogens with one attached hydrogen (secondary N) is 1. The lowest BCUT2D eigenvalue weighted by atomic mass is 10.1. The molecule has 2 aromatic carbocycles. The Kier molecular flexibility index (Phi) is 7.03. The molecule has 0 bridgehead atoms. The fraction of sp³-hybridized carbons (Fsp3) is 0.238. The summed E-state index contributed by atoms with van der Waals surface area (Å²) in [5.41, 5.74) is 0.367. The summed E-state index contributed by atoms with van der Waals surface area (Å²) in [5, 5.41) is 2.21. The minimum absolute atomic E-state index is 0.356. The summed E-state index contributed by atoms with van der Waals surface area (Å²) in [4.78, 5) is 25.5. The Labute approximate surface area is 166 Å². The second-order valence-electron chi connectivity index (χ2n) is 6.36. The molecule has 0 saturated carbocycles. The quantitative estimate of drug-likeness (QED) is 0.734. The number of hydrogen-bond acceptors (Lipinski definition) is 3. The maximum atomic E-state index is 13.0. The molecule has 2 rings (SSSR count). The van der Waals surface area contributed by atoms with Crippen LogP contribution in [0.25, 0.3) is 6.08 Å². The van der Waals surface area contributed by atoms with Crippen LogP contribution in [0, 0.1) is 6.92 Å². The fourth-order valence-corrected chi connectivity index (χ4v) is 2.59. The molecule has 154 valence electrons. The van der Waals surface area contributed by atoms with Crippen LogP contribution >= 0.6 is 0 Å². The van der Waals surface area contributed by atoms with Gasteiger partial charge in [0.05, 0.1) is 24.9 Å². The maximum Gasteiger partial charge on any atom is 0.418 e. The zero-order valence-corrected chi connectivity index (χ0v) is 16.2. The number of nitrogens with zero attached hydrogens (tertiary/aromatic N) is 1. The summed E-state index contributed by atoms with van der Waals surface area (Å²) in [5.74, 6) is -0.629. The van der Waals surface area contributed by atoms with Crippen molar-refractivity contribution in [2.75, 3.05) is 26.0 Å². The van der Waals surface area contributed by atoms with E-state index in [1.165, 1.54) is 32.4 Å². The van der Waals surface area contributed by atoms with E-state index < -0.39 is 30.1 Å². The lowest BCUT2D eigenvalue weighted by molar-refractivity contribution is -0.137. The van der Waals surface area contributed by atoms with Crippen molar-refractivity contribution in [1.82, 2.24) is 4.90 Å². The van der Waals surface area contributed by atoms with Gasteiger partial charge in [0.15, 0.2) is 0 Å². The molecule has 0 unspecified atom stereocenters. The van der Waals surface area contributed by atoms with Crippen LogP contribution in [0.1, 0.15) is 16.7 Å². The van der Waals surface area contributed by atoms with E-state index in [1.54, 1.807) is 12.1 Å². The highest BCUT2D eigenvalue weighted by Gasteiger charge is 2.33. The Morgan fingerprint density at radius 1 is 1.17 bits per heavy atom. The highest BCUT2D eigenvalue weighted by Crippen LogP contribution is 2.34. The number of carbonyl (C=O) groups is 2. The summed E-state index contributed by atoms with van der Waals surface area (Å²) in [6, 6.07) is 10.1. The summed E-state index contributed by atoms with van der Waals surface area (Å²) in [7, 11) is 2.90. The molecular formula is C21H21F3N2O3. The van der Waals surface area contributed by atoms with Crippen LogP contribution in [-0.4, -0.2) is 37.4 Å². The number of alkyl halides is 3. The highest BCUT2D eigenvalue weighted by atomic mass is 19.4. The highest BCUT2D eigenvalue weighted by molar-refractivity contribution is 5.98. The molecule has 0 saturated heterocycles. The topological polar surface area (TPSA) is 58.6 Å². The molecule has 0 spiro atoms. The average molecular weight is 406 g/mol. The molecule has 0 atom stereocenters. The van der Waals surface area contributed by atoms with Crippen LogP contribution in [-0.2, 0) is 15.8 Å². The van der Waals surface area contributed by atoms with Crippen LogP contribution in [0.15, 0.2) is 48.5 Å². The number of rotatable bonds is 6. The van der Waals surface area contributed by atoms with Crippen molar-refractivity contribution >= 4 is 23.6 Å². The zero-order chi connectivity index (χ0) is 21.6. The van der Waals surface area contributed by atoms with Gasteiger partial charge in [-0.15, -0.1) is 0 Å². The van der Waals surface area contributed by atoms with Crippen LogP contribution < -0.4 is 10.1 Å². The number of amides is 2. The molecule has 0 aliphatic heterocycles. The van der Waals surface area contributed by atoms with Gasteiger partial charge >= 0.3 is 6.18 Å². The number of halogens is 3. The number of anilines is 1. The first-order chi connectivity index (χ1) is 13.6. The second kappa shape index (κ2) is 9.27. The van der Waals surface area contributed by atoms with E-state index in [9.17, 15) is 22.8 Å². The van der Waals surface area contributed by atoms with Crippen molar-refractivity contribution in [2.24, 2.45) is 0 Å². The van der Waals surface area contributed by atoms with E-state index in [-0.39, 0.29) is 5.69 Å². The van der Waals surface area contributed by atoms with Gasteiger partial charge in [-0.2, -0.15) is 13.2 Å². The number of methoxy groups -OCH3 is 1. The molecule has 0 radical (unpaired) electrons. The third-order valence-corrected chi connectivity index (χ3v) is 4.05. The van der Waals surface area contributed by atoms with E-state index in [4.69, 9.17) is 4.74 Å². The largest absolute Gasteiger partial charge is 0.496 e. The lowest BCUT2D eigenvalue weighted by Gasteiger charge is -2.17. The van der Waals surface area contributed by atoms with E-state index in [0.717, 1.165) is 22.6 Å². The van der Waals surface area contributed by atoms with Crippen LogP contribution in [0.4, 0.5) is 18.9 Å². The monoisotopic (exact) mass is 406 g/mol. The van der Waals surface area contributed by atoms with Crippen LogP contribution in [0.2, 0.25) is 0 Å². The summed E-state index contributed by atoms with van der Waals surface area (Å²) in [6.45, 7) is 1.49. The molecular weight excluding hydrogens is 385 g/mol. The van der Waals surface area contributed by atoms with Crippen molar-refractivity contribution in [3.05, 3.63) is 65.2 Å². The molecule has 0 aromatic heterocycles. The Balaban J connectivity index is 2.03. The molecule has 29 heavy (non-hydrogen) atoms. The normalized spacial score (nSPS) is 11.4. The van der Waals surface area contributed by atoms with Crippen molar-refractivity contribution in [3.63, 3.8) is 0 Å². The van der Waals surface area contributed by atoms with E-state index >= 15 is 0 Å². The number of aryl methyl sites for hydroxylation is 1. The van der Waals surface area contributed by atoms with Gasteiger partial charge in [-0.05, 0) is 37.3 Å². The number of carbonyl (C=O) groups excluding carboxylic acids is 2. The summed E-state index contributed by atoms with van der Waals surface area (Å²) in [6.07, 6.45) is -1.77. The minimum atomic E-state index is -4.60. The molecule has 0 heterocycles. The second-order valence-corrected chi connectivity index (χ2v) is 6.36. The van der Waals surface area contributed by atoms with Gasteiger partial charge in [-0.25, -0.2) is 0 Å². The lowest BCUT2D eigenvalue weighted by Crippen LogP contribution is -2.34. The van der Waals surface area contributed by atoms with Crippen molar-refractivity contribution in [2.45, 2.75) is 13.1 Å². The zero-order valence-electron chi connectivity index (χ0n) is 16.2. The molecule has 2 amide bonds. The first-order valence-electron chi connectivity index (χ1n) is 8.65. The number of hydrogen-bond donors (Lipinski definition) is 1. The molecule has 8 heteroatoms. The first kappa shape index (κ1) is 22.0. The standard InChI is InChI=1S/C21H21F3N2O3/c1-14-8-10-18(29-3)15(12-14)9-11-20(28)26(2)13-19(27)25-17-7-5-4-6-16(17)21(22,23)24/h4-12H,13H2,1-3H3,(H,25,27)/b11-9+. The Morgan fingerprint density at radius 3 is 2.52 bits per heavy atom. The molecule has 0 fully saturated rings. The van der Waals surface area contributed by atoms with Gasteiger partial charge in [0.1, 0.15) is 5.75 Å². The molecule has 5 nitrogen and oxygen atoms in total. The fourth-order valence-electron chi connectivity index (χ4n) is 2.59. The maximum absolute atomic E-state index is 13.0. The molecule has 0 aliphatic carbocycles. The predicted octanol–water partition coefficient (Wildman–Crippen LogP) is 4.13. The third-order valence-electron chi connectivity index (χ3n) is 4.05. The number of para-hydroxylation sites is 1. The molecule has 1 N–H and O–H groups in total. The third kappa shape index (κ3) is 6.10. The van der Waals surface area contributed by atoms with Crippen molar-refractivity contribution < 1.29 is 27.5 Å². The Hall–Kier alpha value is -3.29. The number of benzene rings is 2. The molecule has 2 aromatic rings. The summed E-state index contributed by atoms with van der Waals surface area (Å²) >= 11 is 0. The summed E-state index contributed by atoms with van der Waals surface area (Å²) < 4.78 is 44.2. The van der Waals surface area contributed by atoms with Gasteiger partial charge in [0.2, 0.25) is 11.8 Å².